The van der Waals surface area contributed by atoms with Crippen LogP contribution in [0, 0.1) is 17.8 Å². The minimum Gasteiger partial charge on any atom is -0.354 e. The number of nitrogens with one attached hydrogen (secondary N) is 1. The third-order valence-corrected chi connectivity index (χ3v) is 3.87. The third-order valence-electron chi connectivity index (χ3n) is 3.87. The lowest BCUT2D eigenvalue weighted by atomic mass is 9.84. The first-order chi connectivity index (χ1) is 6.16. The average Bonchev–Trinajstić information content (AvgIpc) is 2.62. The van der Waals surface area contributed by atoms with Crippen molar-refractivity contribution in [2.24, 2.45) is 17.8 Å². The molecule has 2 aliphatic carbocycles. The van der Waals surface area contributed by atoms with Crippen LogP contribution in [0.4, 0.5) is 0 Å². The van der Waals surface area contributed by atoms with Gasteiger partial charge in [-0.05, 0) is 43.9 Å². The van der Waals surface area contributed by atoms with E-state index < -0.39 is 0 Å². The van der Waals surface area contributed by atoms with Crippen molar-refractivity contribution in [3.63, 3.8) is 0 Å². The highest BCUT2D eigenvalue weighted by Gasteiger charge is 2.41. The molecular formula is C11H19NO. The zero-order valence-corrected chi connectivity index (χ0v) is 8.55. The van der Waals surface area contributed by atoms with Crippen molar-refractivity contribution in [1.82, 2.24) is 5.32 Å². The van der Waals surface area contributed by atoms with Crippen molar-refractivity contribution < 1.29 is 4.79 Å². The fourth-order valence-electron chi connectivity index (χ4n) is 3.33. The van der Waals surface area contributed by atoms with Gasteiger partial charge in [-0.25, -0.2) is 0 Å². The molecule has 0 aromatic carbocycles. The summed E-state index contributed by atoms with van der Waals surface area (Å²) in [7, 11) is 0. The minimum absolute atomic E-state index is 0.121. The van der Waals surface area contributed by atoms with Gasteiger partial charge in [0.25, 0.3) is 0 Å². The zero-order chi connectivity index (χ0) is 9.42. The summed E-state index contributed by atoms with van der Waals surface area (Å²) in [6.45, 7) is 3.77. The van der Waals surface area contributed by atoms with E-state index in [4.69, 9.17) is 0 Å². The summed E-state index contributed by atoms with van der Waals surface area (Å²) < 4.78 is 0. The number of carbonyl (C=O) groups excluding carboxylic acids is 1. The molecule has 2 fully saturated rings. The summed E-state index contributed by atoms with van der Waals surface area (Å²) >= 11 is 0. The Morgan fingerprint density at radius 2 is 2.15 bits per heavy atom. The van der Waals surface area contributed by atoms with Crippen LogP contribution in [0.2, 0.25) is 0 Å². The van der Waals surface area contributed by atoms with E-state index in [1.165, 1.54) is 25.7 Å². The van der Waals surface area contributed by atoms with E-state index in [1.54, 1.807) is 6.92 Å². The minimum atomic E-state index is 0.121. The maximum Gasteiger partial charge on any atom is 0.217 e. The van der Waals surface area contributed by atoms with Gasteiger partial charge in [0.15, 0.2) is 0 Å². The van der Waals surface area contributed by atoms with Crippen LogP contribution in [0.15, 0.2) is 0 Å². The normalized spacial score (nSPS) is 39.1. The predicted octanol–water partition coefficient (Wildman–Crippen LogP) is 1.95. The van der Waals surface area contributed by atoms with Crippen molar-refractivity contribution in [3.05, 3.63) is 0 Å². The summed E-state index contributed by atoms with van der Waals surface area (Å²) in [4.78, 5) is 10.9. The molecule has 0 heterocycles. The van der Waals surface area contributed by atoms with Gasteiger partial charge in [-0.15, -0.1) is 0 Å². The van der Waals surface area contributed by atoms with Gasteiger partial charge in [-0.1, -0.05) is 6.42 Å². The quantitative estimate of drug-likeness (QED) is 0.693. The third kappa shape index (κ3) is 1.72. The van der Waals surface area contributed by atoms with E-state index in [1.807, 2.05) is 0 Å². The van der Waals surface area contributed by atoms with E-state index in [0.29, 0.717) is 6.04 Å². The highest BCUT2D eigenvalue weighted by molar-refractivity contribution is 5.73. The summed E-state index contributed by atoms with van der Waals surface area (Å²) in [6, 6.07) is 0.396. The van der Waals surface area contributed by atoms with Crippen LogP contribution >= 0.6 is 0 Å². The Bertz CT molecular complexity index is 214. The van der Waals surface area contributed by atoms with Gasteiger partial charge < -0.3 is 5.32 Å². The van der Waals surface area contributed by atoms with E-state index in [9.17, 15) is 4.79 Å². The topological polar surface area (TPSA) is 29.1 Å². The second-order valence-corrected chi connectivity index (χ2v) is 4.83. The van der Waals surface area contributed by atoms with Crippen molar-refractivity contribution in [3.8, 4) is 0 Å². The second kappa shape index (κ2) is 3.32. The molecule has 1 amide bonds. The number of fused-ring (bicyclic) bond motifs is 2. The van der Waals surface area contributed by atoms with Gasteiger partial charge in [0.1, 0.15) is 0 Å². The Kier molecular flexibility index (Phi) is 2.31. The van der Waals surface area contributed by atoms with Crippen LogP contribution in [0.25, 0.3) is 0 Å². The largest absolute Gasteiger partial charge is 0.354 e. The summed E-state index contributed by atoms with van der Waals surface area (Å²) in [6.07, 6.45) is 5.62. The lowest BCUT2D eigenvalue weighted by molar-refractivity contribution is -0.120. The molecule has 2 nitrogen and oxygen atoms in total. The standard InChI is InChI=1S/C11H19NO/c1-7(12-8(2)13)11-6-9-3-4-10(11)5-9/h7,9-11H,3-6H2,1-2H3,(H,12,13)/t7-,9-,10-,11+/m1/s1. The molecule has 0 unspecified atom stereocenters. The molecule has 2 saturated carbocycles. The maximum absolute atomic E-state index is 10.9. The Morgan fingerprint density at radius 3 is 2.62 bits per heavy atom. The van der Waals surface area contributed by atoms with Crippen LogP contribution in [-0.4, -0.2) is 11.9 Å². The summed E-state index contributed by atoms with van der Waals surface area (Å²) in [5, 5.41) is 3.03. The van der Waals surface area contributed by atoms with Gasteiger partial charge in [0.2, 0.25) is 5.91 Å². The number of hydrogen-bond donors (Lipinski definition) is 1. The molecule has 0 radical (unpaired) electrons. The molecule has 0 aromatic heterocycles. The highest BCUT2D eigenvalue weighted by atomic mass is 16.1. The van der Waals surface area contributed by atoms with Crippen LogP contribution in [-0.2, 0) is 4.79 Å². The molecule has 0 aromatic rings. The Balaban J connectivity index is 1.91. The van der Waals surface area contributed by atoms with Crippen molar-refractivity contribution >= 4 is 5.91 Å². The van der Waals surface area contributed by atoms with Crippen molar-refractivity contribution in [1.29, 1.82) is 0 Å². The van der Waals surface area contributed by atoms with Gasteiger partial charge in [0.05, 0.1) is 0 Å². The molecule has 2 bridgehead atoms. The van der Waals surface area contributed by atoms with E-state index in [-0.39, 0.29) is 5.91 Å². The molecule has 2 rings (SSSR count). The number of amides is 1. The van der Waals surface area contributed by atoms with Crippen LogP contribution in [0.1, 0.15) is 39.5 Å². The Labute approximate surface area is 80.1 Å². The Hall–Kier alpha value is -0.530. The molecule has 0 saturated heterocycles. The molecule has 0 aliphatic heterocycles. The lowest BCUT2D eigenvalue weighted by Gasteiger charge is -2.28. The molecule has 2 heteroatoms. The van der Waals surface area contributed by atoms with Crippen LogP contribution in [0.3, 0.4) is 0 Å². The molecular weight excluding hydrogens is 162 g/mol. The SMILES string of the molecule is CC(=O)N[C@H](C)[C@@H]1C[C@@H]2CC[C@@H]1C2. The molecule has 2 aliphatic rings. The zero-order valence-electron chi connectivity index (χ0n) is 8.55. The molecule has 4 atom stereocenters. The van der Waals surface area contributed by atoms with Gasteiger partial charge in [-0.3, -0.25) is 4.79 Å². The number of rotatable bonds is 2. The monoisotopic (exact) mass is 181 g/mol. The van der Waals surface area contributed by atoms with Crippen molar-refractivity contribution in [2.45, 2.75) is 45.6 Å². The fraction of sp³-hybridized carbons (Fsp3) is 0.909. The lowest BCUT2D eigenvalue weighted by Crippen LogP contribution is -2.38. The first-order valence-corrected chi connectivity index (χ1v) is 5.44. The fourth-order valence-corrected chi connectivity index (χ4v) is 3.33. The highest BCUT2D eigenvalue weighted by Crippen LogP contribution is 2.49. The van der Waals surface area contributed by atoms with Crippen LogP contribution < -0.4 is 5.32 Å². The average molecular weight is 181 g/mol. The van der Waals surface area contributed by atoms with Gasteiger partial charge >= 0.3 is 0 Å². The second-order valence-electron chi connectivity index (χ2n) is 4.83. The first-order valence-electron chi connectivity index (χ1n) is 5.44. The molecule has 13 heavy (non-hydrogen) atoms. The number of carbonyl (C=O) groups is 1. The van der Waals surface area contributed by atoms with Gasteiger partial charge in [0, 0.05) is 13.0 Å². The van der Waals surface area contributed by atoms with E-state index >= 15 is 0 Å². The smallest absolute Gasteiger partial charge is 0.217 e. The summed E-state index contributed by atoms with van der Waals surface area (Å²) in [5.74, 6) is 2.77. The molecule has 1 N–H and O–H groups in total. The van der Waals surface area contributed by atoms with Gasteiger partial charge in [-0.2, -0.15) is 0 Å². The molecule has 74 valence electrons. The van der Waals surface area contributed by atoms with E-state index in [0.717, 1.165) is 17.8 Å². The number of hydrogen-bond acceptors (Lipinski definition) is 1. The van der Waals surface area contributed by atoms with E-state index in [2.05, 4.69) is 12.2 Å². The molecule has 0 spiro atoms. The maximum atomic E-state index is 10.9. The predicted molar refractivity (Wildman–Crippen MR) is 52.2 cm³/mol. The van der Waals surface area contributed by atoms with Crippen molar-refractivity contribution in [2.75, 3.05) is 0 Å². The Morgan fingerprint density at radius 1 is 1.38 bits per heavy atom. The van der Waals surface area contributed by atoms with Crippen LogP contribution in [0.5, 0.6) is 0 Å². The first kappa shape index (κ1) is 9.04. The summed E-state index contributed by atoms with van der Waals surface area (Å²) in [5.41, 5.74) is 0.